The van der Waals surface area contributed by atoms with E-state index in [1.165, 1.54) is 16.0 Å². The number of benzene rings is 2. The minimum Gasteiger partial charge on any atom is -0.495 e. The minimum absolute atomic E-state index is 0.0662. The van der Waals surface area contributed by atoms with E-state index < -0.39 is 11.4 Å². The van der Waals surface area contributed by atoms with Gasteiger partial charge in [0.2, 0.25) is 5.91 Å². The highest BCUT2D eigenvalue weighted by Crippen LogP contribution is 2.49. The van der Waals surface area contributed by atoms with Gasteiger partial charge in [0.05, 0.1) is 72.5 Å². The van der Waals surface area contributed by atoms with Crippen molar-refractivity contribution in [2.24, 2.45) is 20.8 Å². The van der Waals surface area contributed by atoms with Gasteiger partial charge in [-0.05, 0) is 123 Å². The van der Waals surface area contributed by atoms with Crippen molar-refractivity contribution in [3.8, 4) is 11.5 Å². The predicted octanol–water partition coefficient (Wildman–Crippen LogP) is 9.24. The van der Waals surface area contributed by atoms with Gasteiger partial charge in [-0.2, -0.15) is 0 Å². The lowest BCUT2D eigenvalue weighted by Crippen LogP contribution is -2.54. The van der Waals surface area contributed by atoms with Gasteiger partial charge in [0, 0.05) is 35.3 Å². The van der Waals surface area contributed by atoms with Crippen LogP contribution in [0.1, 0.15) is 96.5 Å². The number of aliphatic carboxylic acids is 1. The fourth-order valence-electron chi connectivity index (χ4n) is 10.6. The van der Waals surface area contributed by atoms with Gasteiger partial charge in [-0.25, -0.2) is 19.9 Å². The first-order valence-corrected chi connectivity index (χ1v) is 24.7. The molecule has 3 aliphatic heterocycles. The van der Waals surface area contributed by atoms with Crippen LogP contribution in [-0.4, -0.2) is 93.8 Å². The number of carbonyl (C=O) groups excluding carboxylic acids is 1. The Hall–Kier alpha value is -6.04. The molecule has 3 N–H and O–H groups in total. The molecule has 7 heterocycles. The number of fused-ring (bicyclic) bond motifs is 8. The Bertz CT molecular complexity index is 2990. The lowest BCUT2D eigenvalue weighted by Gasteiger charge is -2.43. The average molecular weight is 942 g/mol. The molecule has 5 aliphatic rings. The Morgan fingerprint density at radius 3 is 1.69 bits per heavy atom. The molecule has 348 valence electrons. The molecule has 15 nitrogen and oxygen atoms in total. The average Bonchev–Trinajstić information content (AvgIpc) is 4.15. The van der Waals surface area contributed by atoms with E-state index in [1.54, 1.807) is 49.5 Å². The molecule has 2 aromatic carbocycles. The zero-order chi connectivity index (χ0) is 46.6. The molecule has 0 unspecified atom stereocenters. The van der Waals surface area contributed by atoms with Gasteiger partial charge in [-0.1, -0.05) is 13.8 Å². The highest BCUT2D eigenvalue weighted by Gasteiger charge is 2.45. The number of carbonyl (C=O) groups is 2. The second-order valence-corrected chi connectivity index (χ2v) is 20.6. The maximum Gasteiger partial charge on any atom is 0.309 e. The van der Waals surface area contributed by atoms with E-state index in [1.807, 2.05) is 42.5 Å². The van der Waals surface area contributed by atoms with E-state index in [2.05, 4.69) is 67.4 Å². The number of carboxylic acid groups (broad SMARTS) is 1. The monoisotopic (exact) mass is 941 g/mol. The highest BCUT2D eigenvalue weighted by molar-refractivity contribution is 7.19. The molecule has 67 heavy (non-hydrogen) atoms. The number of methoxy groups -OCH3 is 2. The molecule has 17 heteroatoms. The van der Waals surface area contributed by atoms with Crippen LogP contribution in [0.25, 0.3) is 20.4 Å². The van der Waals surface area contributed by atoms with Crippen molar-refractivity contribution in [1.29, 1.82) is 0 Å². The van der Waals surface area contributed by atoms with E-state index in [9.17, 15) is 14.7 Å². The van der Waals surface area contributed by atoms with Crippen molar-refractivity contribution >= 4 is 90.4 Å². The third-order valence-corrected chi connectivity index (χ3v) is 16.7. The lowest BCUT2D eigenvalue weighted by atomic mass is 9.71. The Labute approximate surface area is 397 Å². The Kier molecular flexibility index (Phi) is 12.0. The molecule has 1 amide bonds. The minimum atomic E-state index is -0.706. The first-order chi connectivity index (χ1) is 32.4. The van der Waals surface area contributed by atoms with Crippen molar-refractivity contribution in [3.05, 3.63) is 80.1 Å². The van der Waals surface area contributed by atoms with Crippen molar-refractivity contribution in [2.45, 2.75) is 104 Å². The number of nitrogens with one attached hydrogen (secondary N) is 2. The maximum absolute atomic E-state index is 13.9. The van der Waals surface area contributed by atoms with E-state index in [4.69, 9.17) is 14.2 Å². The van der Waals surface area contributed by atoms with Crippen LogP contribution in [-0.2, 0) is 53.1 Å². The molecular weight excluding hydrogens is 887 g/mol. The third kappa shape index (κ3) is 8.07. The first kappa shape index (κ1) is 44.8. The van der Waals surface area contributed by atoms with Crippen LogP contribution in [0.15, 0.2) is 46.9 Å². The van der Waals surface area contributed by atoms with Crippen molar-refractivity contribution < 1.29 is 28.9 Å². The Morgan fingerprint density at radius 1 is 0.746 bits per heavy atom. The summed E-state index contributed by atoms with van der Waals surface area (Å²) < 4.78 is 17.2. The topological polar surface area (TPSA) is 186 Å². The molecule has 4 atom stereocenters. The van der Waals surface area contributed by atoms with Crippen LogP contribution in [0.2, 0.25) is 0 Å². The summed E-state index contributed by atoms with van der Waals surface area (Å²) in [6.07, 6.45) is 12.8. The number of ether oxygens (including phenoxy) is 3. The Morgan fingerprint density at radius 2 is 1.22 bits per heavy atom. The van der Waals surface area contributed by atoms with E-state index in [0.717, 1.165) is 108 Å². The SMILES string of the molecule is CC[C@]1(C(=O)N2C[C@@H](C)O[C@@H](C)C2)CCc2c(sc3ncnc(Nc4cc5c(cc4OC)CN=C5)c23)C1.CC[C@]1(C(=O)O)CCc2c(sc3ncnc(Nc4cc5c(cc4OC)CN=C5)c23)C1. The predicted molar refractivity (Wildman–Crippen MR) is 264 cm³/mol. The number of rotatable bonds is 10. The maximum atomic E-state index is 13.9. The molecule has 1 fully saturated rings. The summed E-state index contributed by atoms with van der Waals surface area (Å²) >= 11 is 3.28. The zero-order valence-corrected chi connectivity index (χ0v) is 40.3. The fourth-order valence-corrected chi connectivity index (χ4v) is 13.3. The smallest absolute Gasteiger partial charge is 0.309 e. The molecule has 0 bridgehead atoms. The number of aromatic nitrogens is 4. The number of aliphatic imine (C=N–C) groups is 2. The summed E-state index contributed by atoms with van der Waals surface area (Å²) in [6, 6.07) is 8.15. The molecule has 1 saturated heterocycles. The van der Waals surface area contributed by atoms with Crippen LogP contribution in [0.4, 0.5) is 23.0 Å². The molecule has 6 aromatic rings. The molecular formula is C50H55N9O6S2. The van der Waals surface area contributed by atoms with Gasteiger partial charge in [-0.3, -0.25) is 19.6 Å². The lowest BCUT2D eigenvalue weighted by molar-refractivity contribution is -0.155. The summed E-state index contributed by atoms with van der Waals surface area (Å²) in [5.41, 5.74) is 7.54. The zero-order valence-electron chi connectivity index (χ0n) is 38.7. The second kappa shape index (κ2) is 17.9. The van der Waals surface area contributed by atoms with Crippen LogP contribution >= 0.6 is 22.7 Å². The van der Waals surface area contributed by atoms with Crippen molar-refractivity contribution in [3.63, 3.8) is 0 Å². The number of hydrogen-bond acceptors (Lipinski definition) is 15. The number of thiophene rings is 2. The molecule has 2 aliphatic carbocycles. The van der Waals surface area contributed by atoms with E-state index in [0.29, 0.717) is 51.9 Å². The fraction of sp³-hybridized carbons (Fsp3) is 0.440. The first-order valence-electron chi connectivity index (χ1n) is 23.1. The summed E-state index contributed by atoms with van der Waals surface area (Å²) in [5, 5.41) is 18.8. The number of nitrogens with zero attached hydrogens (tertiary/aromatic N) is 7. The molecule has 4 aromatic heterocycles. The molecule has 0 spiro atoms. The van der Waals surface area contributed by atoms with Crippen LogP contribution in [0, 0.1) is 10.8 Å². The van der Waals surface area contributed by atoms with Crippen molar-refractivity contribution in [2.75, 3.05) is 37.9 Å². The van der Waals surface area contributed by atoms with E-state index in [-0.39, 0.29) is 23.5 Å². The number of anilines is 4. The number of carboxylic acids is 1. The molecule has 0 radical (unpaired) electrons. The van der Waals surface area contributed by atoms with E-state index >= 15 is 0 Å². The summed E-state index contributed by atoms with van der Waals surface area (Å²) in [7, 11) is 3.34. The third-order valence-electron chi connectivity index (χ3n) is 14.4. The van der Waals surface area contributed by atoms with Gasteiger partial charge in [0.1, 0.15) is 45.5 Å². The summed E-state index contributed by atoms with van der Waals surface area (Å²) in [4.78, 5) is 59.1. The number of aryl methyl sites for hydroxylation is 2. The number of morpholine rings is 1. The number of hydrogen-bond donors (Lipinski definition) is 3. The van der Waals surface area contributed by atoms with Gasteiger partial charge in [-0.15, -0.1) is 22.7 Å². The summed E-state index contributed by atoms with van der Waals surface area (Å²) in [5.74, 6) is 2.58. The van der Waals surface area contributed by atoms with Gasteiger partial charge in [0.15, 0.2) is 0 Å². The number of amides is 1. The quantitative estimate of drug-likeness (QED) is 0.118. The highest BCUT2D eigenvalue weighted by atomic mass is 32.1. The van der Waals surface area contributed by atoms with Gasteiger partial charge >= 0.3 is 5.97 Å². The molecule has 11 rings (SSSR count). The van der Waals surface area contributed by atoms with Gasteiger partial charge < -0.3 is 34.9 Å². The van der Waals surface area contributed by atoms with Gasteiger partial charge in [0.25, 0.3) is 0 Å². The summed E-state index contributed by atoms with van der Waals surface area (Å²) in [6.45, 7) is 10.9. The largest absolute Gasteiger partial charge is 0.495 e. The normalized spacial score (nSPS) is 22.4. The standard InChI is InChI=1S/C28H33N5O3S.C22H22N4O3S/c1-5-28(27(34)33-13-16(2)36-17(3)14-33)7-6-20-23(10-28)37-26-24(20)25(30-15-31-26)32-21-8-18-11-29-12-19(18)9-22(21)35-4;1-3-22(21(27)28)5-4-14-17(8-22)30-20-18(14)19(24-11-25-20)26-15-6-12-9-23-10-13(12)7-16(15)29-2/h8-9,11,15-17H,5-7,10,12-14H2,1-4H3,(H,30,31,32);6-7,9,11H,3-5,8,10H2,1-2H3,(H,27,28)(H,24,25,26)/t16-,17+,28-;22-/m00/s1. The van der Waals surface area contributed by atoms with Crippen LogP contribution < -0.4 is 20.1 Å². The second-order valence-electron chi connectivity index (χ2n) is 18.4. The van der Waals surface area contributed by atoms with Crippen molar-refractivity contribution in [1.82, 2.24) is 24.8 Å². The van der Waals surface area contributed by atoms with Crippen LogP contribution in [0.3, 0.4) is 0 Å². The van der Waals surface area contributed by atoms with Crippen LogP contribution in [0.5, 0.6) is 11.5 Å². The molecule has 0 saturated carbocycles. The Balaban J connectivity index is 0.000000160.